The van der Waals surface area contributed by atoms with E-state index in [1.165, 1.54) is 7.11 Å². The summed E-state index contributed by atoms with van der Waals surface area (Å²) < 4.78 is 4.60. The van der Waals surface area contributed by atoms with E-state index in [-0.39, 0.29) is 6.42 Å². The fourth-order valence-electron chi connectivity index (χ4n) is 1.23. The van der Waals surface area contributed by atoms with Crippen molar-refractivity contribution in [3.05, 3.63) is 0 Å². The Hall–Kier alpha value is -1.10. The highest BCUT2D eigenvalue weighted by Gasteiger charge is 2.40. The largest absolute Gasteiger partial charge is 0.481 e. The van der Waals surface area contributed by atoms with Crippen LogP contribution in [0.1, 0.15) is 20.3 Å². The summed E-state index contributed by atoms with van der Waals surface area (Å²) in [5, 5.41) is 8.70. The van der Waals surface area contributed by atoms with E-state index < -0.39 is 17.5 Å². The Labute approximate surface area is 83.6 Å². The van der Waals surface area contributed by atoms with Crippen molar-refractivity contribution in [2.24, 2.45) is 0 Å². The number of hydrogen-bond donors (Lipinski definition) is 1. The van der Waals surface area contributed by atoms with Crippen molar-refractivity contribution in [3.63, 3.8) is 0 Å². The van der Waals surface area contributed by atoms with Crippen molar-refractivity contribution in [2.75, 3.05) is 20.7 Å². The monoisotopic (exact) mass is 203 g/mol. The fourth-order valence-corrected chi connectivity index (χ4v) is 1.23. The van der Waals surface area contributed by atoms with Gasteiger partial charge in [-0.1, -0.05) is 6.92 Å². The molecule has 0 aromatic carbocycles. The smallest absolute Gasteiger partial charge is 0.326 e. The minimum Gasteiger partial charge on any atom is -0.481 e. The molecule has 0 aliphatic heterocycles. The molecule has 0 radical (unpaired) electrons. The molecule has 1 N–H and O–H groups in total. The van der Waals surface area contributed by atoms with Gasteiger partial charge in [-0.2, -0.15) is 0 Å². The van der Waals surface area contributed by atoms with Crippen LogP contribution in [0, 0.1) is 0 Å². The molecule has 0 aromatic rings. The molecule has 5 nitrogen and oxygen atoms in total. The highest BCUT2D eigenvalue weighted by atomic mass is 16.5. The van der Waals surface area contributed by atoms with Gasteiger partial charge in [0, 0.05) is 0 Å². The molecule has 0 aliphatic rings. The Morgan fingerprint density at radius 1 is 1.50 bits per heavy atom. The van der Waals surface area contributed by atoms with Crippen LogP contribution in [0.4, 0.5) is 0 Å². The van der Waals surface area contributed by atoms with Gasteiger partial charge >= 0.3 is 11.9 Å². The van der Waals surface area contributed by atoms with E-state index in [0.29, 0.717) is 6.54 Å². The Morgan fingerprint density at radius 3 is 2.29 bits per heavy atom. The third kappa shape index (κ3) is 2.70. The van der Waals surface area contributed by atoms with E-state index in [4.69, 9.17) is 5.11 Å². The van der Waals surface area contributed by atoms with Gasteiger partial charge in [-0.15, -0.1) is 0 Å². The number of esters is 1. The number of carbonyl (C=O) groups excluding carboxylic acids is 1. The van der Waals surface area contributed by atoms with Crippen LogP contribution in [-0.4, -0.2) is 48.2 Å². The zero-order chi connectivity index (χ0) is 11.4. The predicted molar refractivity (Wildman–Crippen MR) is 51.0 cm³/mol. The van der Waals surface area contributed by atoms with Crippen molar-refractivity contribution in [2.45, 2.75) is 25.8 Å². The number of carbonyl (C=O) groups is 2. The normalized spacial score (nSPS) is 14.9. The first-order valence-corrected chi connectivity index (χ1v) is 4.40. The number of hydrogen-bond acceptors (Lipinski definition) is 4. The lowest BCUT2D eigenvalue weighted by atomic mass is 9.96. The van der Waals surface area contributed by atoms with Gasteiger partial charge in [-0.25, -0.2) is 0 Å². The average molecular weight is 203 g/mol. The lowest BCUT2D eigenvalue weighted by Gasteiger charge is -2.34. The van der Waals surface area contributed by atoms with Crippen LogP contribution in [0.3, 0.4) is 0 Å². The maximum atomic E-state index is 11.4. The van der Waals surface area contributed by atoms with Gasteiger partial charge in [0.25, 0.3) is 0 Å². The zero-order valence-corrected chi connectivity index (χ0v) is 9.03. The Morgan fingerprint density at radius 2 is 2.00 bits per heavy atom. The first kappa shape index (κ1) is 12.9. The summed E-state index contributed by atoms with van der Waals surface area (Å²) in [6.07, 6.45) is -0.260. The molecule has 0 amide bonds. The second-order valence-corrected chi connectivity index (χ2v) is 3.35. The highest BCUT2D eigenvalue weighted by Crippen LogP contribution is 2.19. The molecule has 0 rings (SSSR count). The summed E-state index contributed by atoms with van der Waals surface area (Å²) in [6.45, 7) is 4.00. The van der Waals surface area contributed by atoms with Gasteiger partial charge in [0.2, 0.25) is 0 Å². The summed E-state index contributed by atoms with van der Waals surface area (Å²) in [5.74, 6) is -1.54. The minimum atomic E-state index is -1.09. The quantitative estimate of drug-likeness (QED) is 0.653. The molecule has 14 heavy (non-hydrogen) atoms. The topological polar surface area (TPSA) is 66.8 Å². The van der Waals surface area contributed by atoms with Crippen LogP contribution in [-0.2, 0) is 14.3 Å². The number of aliphatic carboxylic acids is 1. The van der Waals surface area contributed by atoms with Crippen LogP contribution in [0.15, 0.2) is 0 Å². The van der Waals surface area contributed by atoms with E-state index in [1.54, 1.807) is 18.9 Å². The Kier molecular flexibility index (Phi) is 4.56. The molecular formula is C9H17NO4. The summed E-state index contributed by atoms with van der Waals surface area (Å²) in [4.78, 5) is 23.7. The lowest BCUT2D eigenvalue weighted by Crippen LogP contribution is -2.52. The Bertz CT molecular complexity index is 229. The zero-order valence-electron chi connectivity index (χ0n) is 9.03. The lowest BCUT2D eigenvalue weighted by molar-refractivity contribution is -0.159. The number of likely N-dealkylation sites (N-methyl/N-ethyl adjacent to an activating group) is 1. The average Bonchev–Trinajstić information content (AvgIpc) is 2.13. The highest BCUT2D eigenvalue weighted by molar-refractivity contribution is 5.85. The number of ether oxygens (including phenoxy) is 1. The summed E-state index contributed by atoms with van der Waals surface area (Å²) in [7, 11) is 2.95. The molecular weight excluding hydrogens is 186 g/mol. The number of carboxylic acids is 1. The molecule has 5 heteroatoms. The van der Waals surface area contributed by atoms with E-state index in [1.807, 2.05) is 6.92 Å². The fraction of sp³-hybridized carbons (Fsp3) is 0.778. The number of nitrogens with zero attached hydrogens (tertiary/aromatic N) is 1. The van der Waals surface area contributed by atoms with E-state index in [2.05, 4.69) is 4.74 Å². The van der Waals surface area contributed by atoms with Crippen molar-refractivity contribution in [1.82, 2.24) is 4.90 Å². The van der Waals surface area contributed by atoms with Crippen LogP contribution in [0.2, 0.25) is 0 Å². The maximum absolute atomic E-state index is 11.4. The van der Waals surface area contributed by atoms with Gasteiger partial charge < -0.3 is 9.84 Å². The molecule has 0 aromatic heterocycles. The SMILES string of the molecule is CCN(C)C(C)(CC(=O)O)C(=O)OC. The van der Waals surface area contributed by atoms with Crippen LogP contribution in [0.25, 0.3) is 0 Å². The van der Waals surface area contributed by atoms with Gasteiger partial charge in [-0.3, -0.25) is 14.5 Å². The second-order valence-electron chi connectivity index (χ2n) is 3.35. The maximum Gasteiger partial charge on any atom is 0.326 e. The van der Waals surface area contributed by atoms with E-state index in [9.17, 15) is 9.59 Å². The van der Waals surface area contributed by atoms with Crippen LogP contribution < -0.4 is 0 Å². The molecule has 82 valence electrons. The molecule has 0 spiro atoms. The molecule has 1 unspecified atom stereocenters. The summed E-state index contributed by atoms with van der Waals surface area (Å²) in [5.41, 5.74) is -1.09. The third-order valence-electron chi connectivity index (χ3n) is 2.44. The van der Waals surface area contributed by atoms with Crippen LogP contribution >= 0.6 is 0 Å². The molecule has 1 atom stereocenters. The summed E-state index contributed by atoms with van der Waals surface area (Å²) in [6, 6.07) is 0. The van der Waals surface area contributed by atoms with Gasteiger partial charge in [-0.05, 0) is 20.5 Å². The molecule has 0 aliphatic carbocycles. The van der Waals surface area contributed by atoms with Crippen molar-refractivity contribution in [1.29, 1.82) is 0 Å². The number of methoxy groups -OCH3 is 1. The molecule has 0 fully saturated rings. The molecule has 0 saturated carbocycles. The predicted octanol–water partition coefficient (Wildman–Crippen LogP) is 0.344. The summed E-state index contributed by atoms with van der Waals surface area (Å²) >= 11 is 0. The Balaban J connectivity index is 4.83. The van der Waals surface area contributed by atoms with E-state index in [0.717, 1.165) is 0 Å². The first-order chi connectivity index (χ1) is 6.38. The molecule has 0 saturated heterocycles. The van der Waals surface area contributed by atoms with Crippen molar-refractivity contribution >= 4 is 11.9 Å². The van der Waals surface area contributed by atoms with Gasteiger partial charge in [0.1, 0.15) is 5.54 Å². The van der Waals surface area contributed by atoms with Crippen LogP contribution in [0.5, 0.6) is 0 Å². The van der Waals surface area contributed by atoms with Gasteiger partial charge in [0.15, 0.2) is 0 Å². The minimum absolute atomic E-state index is 0.260. The van der Waals surface area contributed by atoms with Crippen molar-refractivity contribution < 1.29 is 19.4 Å². The standard InChI is InChI=1S/C9H17NO4/c1-5-10(3)9(2,6-7(11)12)8(13)14-4/h5-6H2,1-4H3,(H,11,12). The number of rotatable bonds is 5. The number of carboxylic acid groups (broad SMARTS) is 1. The van der Waals surface area contributed by atoms with E-state index >= 15 is 0 Å². The second kappa shape index (κ2) is 4.95. The van der Waals surface area contributed by atoms with Gasteiger partial charge in [0.05, 0.1) is 13.5 Å². The molecule has 0 bridgehead atoms. The first-order valence-electron chi connectivity index (χ1n) is 4.40. The van der Waals surface area contributed by atoms with Crippen molar-refractivity contribution in [3.8, 4) is 0 Å². The molecule has 0 heterocycles. The third-order valence-corrected chi connectivity index (χ3v) is 2.44.